The maximum absolute atomic E-state index is 3.60. The van der Waals surface area contributed by atoms with E-state index in [1.807, 2.05) is 11.8 Å². The van der Waals surface area contributed by atoms with Crippen molar-refractivity contribution in [2.75, 3.05) is 5.32 Å². The van der Waals surface area contributed by atoms with Gasteiger partial charge in [-0.2, -0.15) is 0 Å². The molecule has 0 atom stereocenters. The predicted molar refractivity (Wildman–Crippen MR) is 91.4 cm³/mol. The molecule has 0 aliphatic carbocycles. The first-order valence-electron chi connectivity index (χ1n) is 7.17. The minimum Gasteiger partial charge on any atom is -0.356 e. The van der Waals surface area contributed by atoms with Gasteiger partial charge < -0.3 is 5.32 Å². The molecule has 0 fully saturated rings. The Morgan fingerprint density at radius 3 is 2.33 bits per heavy atom. The SMILES string of the molecule is c1ccc2c(c1)Nc1cccc3c1B2c1ccccc1S3. The lowest BCUT2D eigenvalue weighted by atomic mass is 9.35. The summed E-state index contributed by atoms with van der Waals surface area (Å²) in [6.45, 7) is 0.353. The van der Waals surface area contributed by atoms with Crippen LogP contribution in [-0.4, -0.2) is 6.71 Å². The van der Waals surface area contributed by atoms with Gasteiger partial charge in [0.25, 0.3) is 0 Å². The number of rotatable bonds is 0. The van der Waals surface area contributed by atoms with Gasteiger partial charge in [0.15, 0.2) is 0 Å². The first-order valence-corrected chi connectivity index (χ1v) is 7.99. The van der Waals surface area contributed by atoms with Crippen LogP contribution in [0.15, 0.2) is 76.5 Å². The molecule has 3 heteroatoms. The lowest BCUT2D eigenvalue weighted by molar-refractivity contribution is 1.41. The van der Waals surface area contributed by atoms with Gasteiger partial charge in [0, 0.05) is 21.2 Å². The summed E-state index contributed by atoms with van der Waals surface area (Å²) in [5.74, 6) is 0. The van der Waals surface area contributed by atoms with E-state index in [0.29, 0.717) is 6.71 Å². The Balaban J connectivity index is 1.88. The van der Waals surface area contributed by atoms with Crippen molar-refractivity contribution in [3.05, 3.63) is 66.7 Å². The van der Waals surface area contributed by atoms with E-state index in [-0.39, 0.29) is 0 Å². The summed E-state index contributed by atoms with van der Waals surface area (Å²) in [6.07, 6.45) is 0. The van der Waals surface area contributed by atoms with Crippen molar-refractivity contribution >= 4 is 46.2 Å². The Hall–Kier alpha value is -2.13. The van der Waals surface area contributed by atoms with Crippen molar-refractivity contribution in [2.45, 2.75) is 9.79 Å². The third-order valence-electron chi connectivity index (χ3n) is 4.35. The topological polar surface area (TPSA) is 12.0 Å². The molecule has 1 nitrogen and oxygen atoms in total. The Bertz CT molecular complexity index is 807. The molecule has 1 N–H and O–H groups in total. The maximum Gasteiger partial charge on any atom is 0.249 e. The number of fused-ring (bicyclic) bond motifs is 4. The number of anilines is 2. The van der Waals surface area contributed by atoms with Gasteiger partial charge >= 0.3 is 0 Å². The van der Waals surface area contributed by atoms with Gasteiger partial charge in [-0.25, -0.2) is 0 Å². The molecule has 2 aliphatic rings. The second-order valence-corrected chi connectivity index (χ2v) is 6.59. The van der Waals surface area contributed by atoms with Gasteiger partial charge in [0.1, 0.15) is 0 Å². The molecule has 0 spiro atoms. The molecular formula is C18H12BNS. The van der Waals surface area contributed by atoms with Gasteiger partial charge in [-0.05, 0) is 35.2 Å². The van der Waals surface area contributed by atoms with Gasteiger partial charge in [-0.3, -0.25) is 0 Å². The van der Waals surface area contributed by atoms with Gasteiger partial charge in [-0.15, -0.1) is 0 Å². The maximum atomic E-state index is 3.60. The number of hydrogen-bond donors (Lipinski definition) is 1. The number of hydrogen-bond acceptors (Lipinski definition) is 2. The largest absolute Gasteiger partial charge is 0.356 e. The molecule has 0 saturated heterocycles. The molecule has 0 amide bonds. The van der Waals surface area contributed by atoms with Crippen molar-refractivity contribution in [3.63, 3.8) is 0 Å². The summed E-state index contributed by atoms with van der Waals surface area (Å²) in [4.78, 5) is 2.75. The van der Waals surface area contributed by atoms with Crippen LogP contribution in [0.5, 0.6) is 0 Å². The normalized spacial score (nSPS) is 13.8. The quantitative estimate of drug-likeness (QED) is 0.439. The zero-order valence-corrected chi connectivity index (χ0v) is 12.2. The summed E-state index contributed by atoms with van der Waals surface area (Å²) in [7, 11) is 0. The van der Waals surface area contributed by atoms with Crippen molar-refractivity contribution in [3.8, 4) is 0 Å². The van der Waals surface area contributed by atoms with Crippen LogP contribution < -0.4 is 21.7 Å². The predicted octanol–water partition coefficient (Wildman–Crippen LogP) is 2.72. The van der Waals surface area contributed by atoms with Crippen LogP contribution in [0.1, 0.15) is 0 Å². The van der Waals surface area contributed by atoms with Crippen LogP contribution in [-0.2, 0) is 0 Å². The van der Waals surface area contributed by atoms with Crippen LogP contribution in [0.2, 0.25) is 0 Å². The third kappa shape index (κ3) is 1.55. The van der Waals surface area contributed by atoms with E-state index < -0.39 is 0 Å². The molecule has 5 rings (SSSR count). The average Bonchev–Trinajstić information content (AvgIpc) is 2.54. The molecular weight excluding hydrogens is 273 g/mol. The molecule has 3 aromatic carbocycles. The first kappa shape index (κ1) is 11.5. The lowest BCUT2D eigenvalue weighted by Gasteiger charge is -2.33. The fourth-order valence-corrected chi connectivity index (χ4v) is 4.63. The van der Waals surface area contributed by atoms with Crippen LogP contribution in [0.4, 0.5) is 11.4 Å². The van der Waals surface area contributed by atoms with E-state index >= 15 is 0 Å². The molecule has 21 heavy (non-hydrogen) atoms. The highest BCUT2D eigenvalue weighted by atomic mass is 32.2. The molecule has 0 aromatic heterocycles. The van der Waals surface area contributed by atoms with Gasteiger partial charge in [0.2, 0.25) is 6.71 Å². The van der Waals surface area contributed by atoms with Crippen molar-refractivity contribution in [2.24, 2.45) is 0 Å². The highest BCUT2D eigenvalue weighted by molar-refractivity contribution is 8.00. The molecule has 0 unspecified atom stereocenters. The molecule has 0 radical (unpaired) electrons. The van der Waals surface area contributed by atoms with Crippen LogP contribution in [0, 0.1) is 0 Å². The molecule has 0 bridgehead atoms. The molecule has 0 saturated carbocycles. The third-order valence-corrected chi connectivity index (χ3v) is 5.51. The number of nitrogens with one attached hydrogen (secondary N) is 1. The standard InChI is InChI=1S/C18H12BNS/c1-3-8-14-12(6-1)19-13-7-2-4-10-16(13)21-17-11-5-9-15(20-14)18(17)19/h1-11,20H. The van der Waals surface area contributed by atoms with E-state index in [1.54, 1.807) is 0 Å². The molecule has 2 aliphatic heterocycles. The fourth-order valence-electron chi connectivity index (χ4n) is 3.46. The zero-order valence-electron chi connectivity index (χ0n) is 11.3. The van der Waals surface area contributed by atoms with E-state index in [0.717, 1.165) is 0 Å². The second-order valence-electron chi connectivity index (χ2n) is 5.50. The summed E-state index contributed by atoms with van der Waals surface area (Å²) < 4.78 is 0. The zero-order chi connectivity index (χ0) is 13.8. The minimum atomic E-state index is 0.353. The Kier molecular flexibility index (Phi) is 2.30. The first-order chi connectivity index (χ1) is 10.4. The van der Waals surface area contributed by atoms with Crippen LogP contribution in [0.25, 0.3) is 0 Å². The van der Waals surface area contributed by atoms with E-state index in [4.69, 9.17) is 0 Å². The second kappa shape index (κ2) is 4.19. The fraction of sp³-hybridized carbons (Fsp3) is 0. The van der Waals surface area contributed by atoms with Crippen LogP contribution in [0.3, 0.4) is 0 Å². The Morgan fingerprint density at radius 2 is 1.38 bits per heavy atom. The van der Waals surface area contributed by atoms with Crippen LogP contribution >= 0.6 is 11.8 Å². The Labute approximate surface area is 128 Å². The van der Waals surface area contributed by atoms with Crippen molar-refractivity contribution < 1.29 is 0 Å². The number of benzene rings is 3. The summed E-state index contributed by atoms with van der Waals surface area (Å²) in [5.41, 5.74) is 6.72. The lowest BCUT2D eigenvalue weighted by Crippen LogP contribution is -2.58. The number of para-hydroxylation sites is 1. The molecule has 2 heterocycles. The molecule has 3 aromatic rings. The van der Waals surface area contributed by atoms with Gasteiger partial charge in [0.05, 0.1) is 0 Å². The van der Waals surface area contributed by atoms with E-state index in [1.165, 1.54) is 37.6 Å². The van der Waals surface area contributed by atoms with Crippen molar-refractivity contribution in [1.82, 2.24) is 0 Å². The summed E-state index contributed by atoms with van der Waals surface area (Å²) in [6, 6.07) is 24.0. The van der Waals surface area contributed by atoms with E-state index in [9.17, 15) is 0 Å². The highest BCUT2D eigenvalue weighted by Gasteiger charge is 2.36. The minimum absolute atomic E-state index is 0.353. The Morgan fingerprint density at radius 1 is 0.667 bits per heavy atom. The van der Waals surface area contributed by atoms with E-state index in [2.05, 4.69) is 72.0 Å². The average molecular weight is 285 g/mol. The molecule has 98 valence electrons. The monoisotopic (exact) mass is 285 g/mol. The smallest absolute Gasteiger partial charge is 0.249 e. The summed E-state index contributed by atoms with van der Waals surface area (Å²) >= 11 is 1.88. The van der Waals surface area contributed by atoms with Gasteiger partial charge in [-0.1, -0.05) is 59.7 Å². The highest BCUT2D eigenvalue weighted by Crippen LogP contribution is 2.34. The summed E-state index contributed by atoms with van der Waals surface area (Å²) in [5, 5.41) is 3.60. The van der Waals surface area contributed by atoms with Crippen molar-refractivity contribution in [1.29, 1.82) is 0 Å².